The Labute approximate surface area is 131 Å². The molecule has 0 N–H and O–H groups in total. The molecule has 5 heteroatoms. The standard InChI is InChI=1S/C14H16BrClN2S/c1-10(14-17-13(7-16)9-19-14)18(2)8-11-4-3-5-12(15)6-11/h3-6,9-10H,7-8H2,1-2H3. The van der Waals surface area contributed by atoms with Gasteiger partial charge in [0.1, 0.15) is 5.01 Å². The fourth-order valence-corrected chi connectivity index (χ4v) is 3.44. The van der Waals surface area contributed by atoms with Crippen molar-refractivity contribution in [3.05, 3.63) is 50.4 Å². The minimum absolute atomic E-state index is 0.293. The van der Waals surface area contributed by atoms with E-state index < -0.39 is 0 Å². The fourth-order valence-electron chi connectivity index (χ4n) is 1.82. The molecule has 0 aliphatic heterocycles. The summed E-state index contributed by atoms with van der Waals surface area (Å²) in [5, 5.41) is 3.15. The van der Waals surface area contributed by atoms with E-state index in [-0.39, 0.29) is 0 Å². The molecule has 2 rings (SSSR count). The molecule has 0 radical (unpaired) electrons. The smallest absolute Gasteiger partial charge is 0.110 e. The van der Waals surface area contributed by atoms with E-state index in [0.29, 0.717) is 11.9 Å². The van der Waals surface area contributed by atoms with E-state index in [1.807, 2.05) is 11.4 Å². The Morgan fingerprint density at radius 3 is 2.89 bits per heavy atom. The Balaban J connectivity index is 2.04. The third-order valence-electron chi connectivity index (χ3n) is 3.05. The Morgan fingerprint density at radius 2 is 2.26 bits per heavy atom. The first kappa shape index (κ1) is 15.0. The monoisotopic (exact) mass is 358 g/mol. The molecule has 1 aromatic carbocycles. The van der Waals surface area contributed by atoms with Crippen molar-refractivity contribution in [3.8, 4) is 0 Å². The first-order valence-corrected chi connectivity index (χ1v) is 8.26. The minimum Gasteiger partial charge on any atom is -0.293 e. The van der Waals surface area contributed by atoms with Gasteiger partial charge in [0.2, 0.25) is 0 Å². The van der Waals surface area contributed by atoms with Gasteiger partial charge in [0.05, 0.1) is 17.6 Å². The average Bonchev–Trinajstić information content (AvgIpc) is 2.86. The third kappa shape index (κ3) is 4.02. The van der Waals surface area contributed by atoms with Crippen LogP contribution in [-0.4, -0.2) is 16.9 Å². The number of nitrogens with zero attached hydrogens (tertiary/aromatic N) is 2. The van der Waals surface area contributed by atoms with Crippen molar-refractivity contribution in [2.24, 2.45) is 0 Å². The summed E-state index contributed by atoms with van der Waals surface area (Å²) in [6.45, 7) is 3.07. The van der Waals surface area contributed by atoms with E-state index in [4.69, 9.17) is 11.6 Å². The SMILES string of the molecule is CC(c1nc(CCl)cs1)N(C)Cc1cccc(Br)c1. The van der Waals surface area contributed by atoms with E-state index in [2.05, 4.69) is 58.0 Å². The number of hydrogen-bond acceptors (Lipinski definition) is 3. The summed E-state index contributed by atoms with van der Waals surface area (Å²) in [4.78, 5) is 6.83. The molecule has 0 saturated carbocycles. The molecule has 1 aromatic heterocycles. The molecule has 0 aliphatic rings. The molecule has 0 saturated heterocycles. The van der Waals surface area contributed by atoms with Crippen molar-refractivity contribution in [2.45, 2.75) is 25.4 Å². The van der Waals surface area contributed by atoms with Gasteiger partial charge in [0, 0.05) is 16.4 Å². The number of halogens is 2. The number of hydrogen-bond donors (Lipinski definition) is 0. The number of alkyl halides is 1. The van der Waals surface area contributed by atoms with Gasteiger partial charge in [-0.2, -0.15) is 0 Å². The summed E-state index contributed by atoms with van der Waals surface area (Å²) >= 11 is 11.0. The predicted molar refractivity (Wildman–Crippen MR) is 85.7 cm³/mol. The molecule has 0 bridgehead atoms. The Morgan fingerprint density at radius 1 is 1.47 bits per heavy atom. The highest BCUT2D eigenvalue weighted by atomic mass is 79.9. The van der Waals surface area contributed by atoms with E-state index in [1.165, 1.54) is 5.56 Å². The van der Waals surface area contributed by atoms with Crippen LogP contribution in [0.1, 0.15) is 29.2 Å². The van der Waals surface area contributed by atoms with Crippen LogP contribution in [0.4, 0.5) is 0 Å². The van der Waals surface area contributed by atoms with Gasteiger partial charge in [-0.1, -0.05) is 28.1 Å². The van der Waals surface area contributed by atoms with E-state index >= 15 is 0 Å². The maximum atomic E-state index is 5.80. The first-order valence-electron chi connectivity index (χ1n) is 6.05. The lowest BCUT2D eigenvalue weighted by atomic mass is 10.2. The van der Waals surface area contributed by atoms with Gasteiger partial charge < -0.3 is 0 Å². The number of aromatic nitrogens is 1. The van der Waals surface area contributed by atoms with Gasteiger partial charge in [-0.25, -0.2) is 4.98 Å². The van der Waals surface area contributed by atoms with Crippen molar-refractivity contribution < 1.29 is 0 Å². The summed E-state index contributed by atoms with van der Waals surface area (Å²) in [6.07, 6.45) is 0. The molecule has 0 fully saturated rings. The first-order chi connectivity index (χ1) is 9.10. The molecular formula is C14H16BrClN2S. The van der Waals surface area contributed by atoms with Crippen molar-refractivity contribution in [2.75, 3.05) is 7.05 Å². The maximum Gasteiger partial charge on any atom is 0.110 e. The van der Waals surface area contributed by atoms with Crippen LogP contribution in [-0.2, 0) is 12.4 Å². The number of benzene rings is 1. The maximum absolute atomic E-state index is 5.80. The molecule has 0 amide bonds. The van der Waals surface area contributed by atoms with E-state index in [0.717, 1.165) is 21.7 Å². The van der Waals surface area contributed by atoms with Crippen molar-refractivity contribution in [1.82, 2.24) is 9.88 Å². The minimum atomic E-state index is 0.293. The van der Waals surface area contributed by atoms with Crippen LogP contribution in [0.25, 0.3) is 0 Å². The third-order valence-corrected chi connectivity index (χ3v) is 4.88. The lowest BCUT2D eigenvalue weighted by molar-refractivity contribution is 0.252. The second-order valence-electron chi connectivity index (χ2n) is 4.53. The van der Waals surface area contributed by atoms with Crippen molar-refractivity contribution in [3.63, 3.8) is 0 Å². The molecular weight excluding hydrogens is 344 g/mol. The van der Waals surface area contributed by atoms with Crippen molar-refractivity contribution in [1.29, 1.82) is 0 Å². The Hall–Kier alpha value is -0.420. The summed E-state index contributed by atoms with van der Waals surface area (Å²) in [6, 6.07) is 8.68. The van der Waals surface area contributed by atoms with Gasteiger partial charge in [0.25, 0.3) is 0 Å². The fraction of sp³-hybridized carbons (Fsp3) is 0.357. The second-order valence-corrected chi connectivity index (χ2v) is 6.60. The Kier molecular flexibility index (Phi) is 5.39. The number of thiazole rings is 1. The van der Waals surface area contributed by atoms with Crippen LogP contribution in [0, 0.1) is 0 Å². The predicted octanol–water partition coefficient (Wildman–Crippen LogP) is 4.84. The van der Waals surface area contributed by atoms with Crippen LogP contribution < -0.4 is 0 Å². The lowest BCUT2D eigenvalue weighted by Crippen LogP contribution is -2.21. The summed E-state index contributed by atoms with van der Waals surface area (Å²) in [5.74, 6) is 0.485. The molecule has 19 heavy (non-hydrogen) atoms. The molecule has 102 valence electrons. The normalized spacial score (nSPS) is 12.9. The molecule has 0 aliphatic carbocycles. The van der Waals surface area contributed by atoms with Gasteiger partial charge >= 0.3 is 0 Å². The van der Waals surface area contributed by atoms with E-state index in [9.17, 15) is 0 Å². The van der Waals surface area contributed by atoms with Crippen LogP contribution in [0.3, 0.4) is 0 Å². The van der Waals surface area contributed by atoms with Gasteiger partial charge in [-0.15, -0.1) is 22.9 Å². The topological polar surface area (TPSA) is 16.1 Å². The Bertz CT molecular complexity index is 544. The molecule has 2 aromatic rings. The molecule has 0 spiro atoms. The second kappa shape index (κ2) is 6.84. The molecule has 2 nitrogen and oxygen atoms in total. The highest BCUT2D eigenvalue weighted by Gasteiger charge is 2.15. The van der Waals surface area contributed by atoms with Crippen LogP contribution in [0.15, 0.2) is 34.1 Å². The average molecular weight is 360 g/mol. The molecule has 1 heterocycles. The highest BCUT2D eigenvalue weighted by molar-refractivity contribution is 9.10. The van der Waals surface area contributed by atoms with Crippen LogP contribution in [0.5, 0.6) is 0 Å². The zero-order valence-corrected chi connectivity index (χ0v) is 14.1. The van der Waals surface area contributed by atoms with Crippen molar-refractivity contribution >= 4 is 38.9 Å². The zero-order valence-electron chi connectivity index (χ0n) is 10.9. The molecule has 1 unspecified atom stereocenters. The summed E-state index contributed by atoms with van der Waals surface area (Å²) in [5.41, 5.74) is 2.25. The molecule has 1 atom stereocenters. The van der Waals surface area contributed by atoms with Crippen LogP contribution >= 0.6 is 38.9 Å². The van der Waals surface area contributed by atoms with Crippen LogP contribution in [0.2, 0.25) is 0 Å². The summed E-state index contributed by atoms with van der Waals surface area (Å²) in [7, 11) is 2.12. The van der Waals surface area contributed by atoms with Gasteiger partial charge in [0.15, 0.2) is 0 Å². The summed E-state index contributed by atoms with van der Waals surface area (Å²) < 4.78 is 1.12. The lowest BCUT2D eigenvalue weighted by Gasteiger charge is -2.23. The zero-order chi connectivity index (χ0) is 13.8. The number of rotatable bonds is 5. The van der Waals surface area contributed by atoms with Gasteiger partial charge in [-0.3, -0.25) is 4.90 Å². The van der Waals surface area contributed by atoms with E-state index in [1.54, 1.807) is 11.3 Å². The van der Waals surface area contributed by atoms with Gasteiger partial charge in [-0.05, 0) is 31.7 Å². The quantitative estimate of drug-likeness (QED) is 0.710. The highest BCUT2D eigenvalue weighted by Crippen LogP contribution is 2.25. The largest absolute Gasteiger partial charge is 0.293 e.